The fourth-order valence-corrected chi connectivity index (χ4v) is 2.14. The van der Waals surface area contributed by atoms with Crippen LogP contribution in [0.15, 0.2) is 24.3 Å². The van der Waals surface area contributed by atoms with Gasteiger partial charge in [0, 0.05) is 11.1 Å². The SMILES string of the molecule is NC1CCC(OCc2ccccc2Cl)C1. The van der Waals surface area contributed by atoms with Gasteiger partial charge in [0.25, 0.3) is 0 Å². The van der Waals surface area contributed by atoms with Crippen molar-refractivity contribution in [2.24, 2.45) is 5.73 Å². The van der Waals surface area contributed by atoms with Crippen LogP contribution in [0.5, 0.6) is 0 Å². The van der Waals surface area contributed by atoms with E-state index in [0.717, 1.165) is 29.8 Å². The zero-order valence-corrected chi connectivity index (χ0v) is 9.41. The molecule has 1 aliphatic carbocycles. The number of halogens is 1. The molecule has 2 unspecified atom stereocenters. The van der Waals surface area contributed by atoms with Gasteiger partial charge in [-0.1, -0.05) is 29.8 Å². The fraction of sp³-hybridized carbons (Fsp3) is 0.500. The predicted octanol–water partition coefficient (Wildman–Crippen LogP) is 2.74. The average molecular weight is 226 g/mol. The van der Waals surface area contributed by atoms with E-state index >= 15 is 0 Å². The molecule has 0 spiro atoms. The Morgan fingerprint density at radius 2 is 2.13 bits per heavy atom. The molecule has 2 atom stereocenters. The third-order valence-electron chi connectivity index (χ3n) is 2.86. The second kappa shape index (κ2) is 4.97. The van der Waals surface area contributed by atoms with E-state index in [4.69, 9.17) is 22.1 Å². The first kappa shape index (κ1) is 10.9. The second-order valence-corrected chi connectivity index (χ2v) is 4.50. The molecule has 0 aliphatic heterocycles. The number of ether oxygens (including phenoxy) is 1. The molecule has 1 fully saturated rings. The summed E-state index contributed by atoms with van der Waals surface area (Å²) in [4.78, 5) is 0. The number of benzene rings is 1. The molecule has 82 valence electrons. The molecule has 3 heteroatoms. The summed E-state index contributed by atoms with van der Waals surface area (Å²) >= 11 is 6.03. The molecule has 2 nitrogen and oxygen atoms in total. The Morgan fingerprint density at radius 1 is 1.33 bits per heavy atom. The maximum atomic E-state index is 6.03. The lowest BCUT2D eigenvalue weighted by atomic mass is 10.2. The van der Waals surface area contributed by atoms with E-state index in [0.29, 0.717) is 18.8 Å². The minimum atomic E-state index is 0.316. The van der Waals surface area contributed by atoms with Crippen molar-refractivity contribution in [2.75, 3.05) is 0 Å². The lowest BCUT2D eigenvalue weighted by molar-refractivity contribution is 0.0449. The van der Waals surface area contributed by atoms with E-state index in [1.165, 1.54) is 0 Å². The van der Waals surface area contributed by atoms with Gasteiger partial charge in [0.1, 0.15) is 0 Å². The van der Waals surface area contributed by atoms with E-state index in [1.54, 1.807) is 0 Å². The Morgan fingerprint density at radius 3 is 2.80 bits per heavy atom. The van der Waals surface area contributed by atoms with Gasteiger partial charge in [-0.3, -0.25) is 0 Å². The summed E-state index contributed by atoms with van der Waals surface area (Å²) in [6.07, 6.45) is 3.44. The van der Waals surface area contributed by atoms with E-state index in [-0.39, 0.29) is 0 Å². The number of rotatable bonds is 3. The minimum Gasteiger partial charge on any atom is -0.373 e. The lowest BCUT2D eigenvalue weighted by Crippen LogP contribution is -2.17. The normalized spacial score (nSPS) is 25.7. The standard InChI is InChI=1S/C12H16ClNO/c13-12-4-2-1-3-9(12)8-15-11-6-5-10(14)7-11/h1-4,10-11H,5-8,14H2. The van der Waals surface area contributed by atoms with Crippen LogP contribution in [0.25, 0.3) is 0 Å². The van der Waals surface area contributed by atoms with Crippen molar-refractivity contribution in [3.8, 4) is 0 Å². The molecule has 1 aromatic rings. The zero-order valence-electron chi connectivity index (χ0n) is 8.66. The molecular formula is C12H16ClNO. The van der Waals surface area contributed by atoms with E-state index in [1.807, 2.05) is 24.3 Å². The van der Waals surface area contributed by atoms with Gasteiger partial charge in [0.05, 0.1) is 12.7 Å². The van der Waals surface area contributed by atoms with Crippen LogP contribution in [0, 0.1) is 0 Å². The van der Waals surface area contributed by atoms with Crippen LogP contribution in [-0.4, -0.2) is 12.1 Å². The van der Waals surface area contributed by atoms with Gasteiger partial charge in [-0.05, 0) is 30.9 Å². The molecular weight excluding hydrogens is 210 g/mol. The lowest BCUT2D eigenvalue weighted by Gasteiger charge is -2.12. The smallest absolute Gasteiger partial charge is 0.0735 e. The van der Waals surface area contributed by atoms with Crippen molar-refractivity contribution in [1.29, 1.82) is 0 Å². The molecule has 1 saturated carbocycles. The molecule has 0 bridgehead atoms. The maximum Gasteiger partial charge on any atom is 0.0735 e. The quantitative estimate of drug-likeness (QED) is 0.859. The highest BCUT2D eigenvalue weighted by Crippen LogP contribution is 2.23. The predicted molar refractivity (Wildman–Crippen MR) is 61.9 cm³/mol. The van der Waals surface area contributed by atoms with Crippen LogP contribution >= 0.6 is 11.6 Å². The van der Waals surface area contributed by atoms with Gasteiger partial charge in [-0.15, -0.1) is 0 Å². The van der Waals surface area contributed by atoms with Crippen molar-refractivity contribution in [3.05, 3.63) is 34.9 Å². The number of nitrogens with two attached hydrogens (primary N) is 1. The van der Waals surface area contributed by atoms with Crippen LogP contribution in [0.4, 0.5) is 0 Å². The molecule has 0 amide bonds. The van der Waals surface area contributed by atoms with Crippen molar-refractivity contribution in [1.82, 2.24) is 0 Å². The molecule has 0 radical (unpaired) electrons. The topological polar surface area (TPSA) is 35.2 Å². The minimum absolute atomic E-state index is 0.316. The van der Waals surface area contributed by atoms with Crippen LogP contribution in [0.1, 0.15) is 24.8 Å². The van der Waals surface area contributed by atoms with Crippen molar-refractivity contribution >= 4 is 11.6 Å². The second-order valence-electron chi connectivity index (χ2n) is 4.10. The number of hydrogen-bond acceptors (Lipinski definition) is 2. The molecule has 2 N–H and O–H groups in total. The van der Waals surface area contributed by atoms with Crippen molar-refractivity contribution in [3.63, 3.8) is 0 Å². The Hall–Kier alpha value is -0.570. The Labute approximate surface area is 95.4 Å². The Bertz CT molecular complexity index is 329. The van der Waals surface area contributed by atoms with E-state index in [2.05, 4.69) is 0 Å². The largest absolute Gasteiger partial charge is 0.373 e. The van der Waals surface area contributed by atoms with Crippen LogP contribution in [0.2, 0.25) is 5.02 Å². The van der Waals surface area contributed by atoms with Gasteiger partial charge < -0.3 is 10.5 Å². The molecule has 15 heavy (non-hydrogen) atoms. The Kier molecular flexibility index (Phi) is 3.62. The van der Waals surface area contributed by atoms with E-state index in [9.17, 15) is 0 Å². The van der Waals surface area contributed by atoms with E-state index < -0.39 is 0 Å². The van der Waals surface area contributed by atoms with Gasteiger partial charge >= 0.3 is 0 Å². The highest BCUT2D eigenvalue weighted by Gasteiger charge is 2.22. The summed E-state index contributed by atoms with van der Waals surface area (Å²) in [5.41, 5.74) is 6.87. The molecule has 0 saturated heterocycles. The van der Waals surface area contributed by atoms with Gasteiger partial charge in [0.2, 0.25) is 0 Å². The average Bonchev–Trinajstić information content (AvgIpc) is 2.63. The third kappa shape index (κ3) is 2.94. The highest BCUT2D eigenvalue weighted by molar-refractivity contribution is 6.31. The molecule has 1 aromatic carbocycles. The molecule has 0 heterocycles. The monoisotopic (exact) mass is 225 g/mol. The summed E-state index contributed by atoms with van der Waals surface area (Å²) in [6, 6.07) is 8.11. The Balaban J connectivity index is 1.86. The fourth-order valence-electron chi connectivity index (χ4n) is 1.95. The highest BCUT2D eigenvalue weighted by atomic mass is 35.5. The molecule has 1 aliphatic rings. The summed E-state index contributed by atoms with van der Waals surface area (Å²) in [7, 11) is 0. The van der Waals surface area contributed by atoms with Crippen LogP contribution in [-0.2, 0) is 11.3 Å². The summed E-state index contributed by atoms with van der Waals surface area (Å²) in [5, 5.41) is 0.778. The molecule has 0 aromatic heterocycles. The first-order valence-electron chi connectivity index (χ1n) is 5.36. The van der Waals surface area contributed by atoms with Crippen LogP contribution in [0.3, 0.4) is 0 Å². The summed E-state index contributed by atoms with van der Waals surface area (Å²) in [5.74, 6) is 0. The first-order chi connectivity index (χ1) is 7.25. The third-order valence-corrected chi connectivity index (χ3v) is 3.23. The first-order valence-corrected chi connectivity index (χ1v) is 5.74. The van der Waals surface area contributed by atoms with Crippen molar-refractivity contribution in [2.45, 2.75) is 38.0 Å². The summed E-state index contributed by atoms with van der Waals surface area (Å²) in [6.45, 7) is 0.594. The summed E-state index contributed by atoms with van der Waals surface area (Å²) < 4.78 is 5.78. The van der Waals surface area contributed by atoms with Gasteiger partial charge in [0.15, 0.2) is 0 Å². The van der Waals surface area contributed by atoms with Crippen molar-refractivity contribution < 1.29 is 4.74 Å². The number of hydrogen-bond donors (Lipinski definition) is 1. The maximum absolute atomic E-state index is 6.03. The van der Waals surface area contributed by atoms with Gasteiger partial charge in [-0.25, -0.2) is 0 Å². The zero-order chi connectivity index (χ0) is 10.7. The molecule has 2 rings (SSSR count). The van der Waals surface area contributed by atoms with Crippen LogP contribution < -0.4 is 5.73 Å². The van der Waals surface area contributed by atoms with Gasteiger partial charge in [-0.2, -0.15) is 0 Å².